The minimum atomic E-state index is -0.454. The fourth-order valence-electron chi connectivity index (χ4n) is 2.53. The molecule has 2 N–H and O–H groups in total. The Bertz CT molecular complexity index is 648. The molecular formula is C15H14ClFN2O. The molecule has 1 atom stereocenters. The van der Waals surface area contributed by atoms with Crippen molar-refractivity contribution >= 4 is 11.6 Å². The Morgan fingerprint density at radius 1 is 1.45 bits per heavy atom. The normalized spacial score (nSPS) is 14.8. The fraction of sp³-hybridized carbons (Fsp3) is 0.267. The van der Waals surface area contributed by atoms with Crippen LogP contribution in [0.25, 0.3) is 0 Å². The zero-order valence-electron chi connectivity index (χ0n) is 10.8. The number of fused-ring (bicyclic) bond motifs is 1. The van der Waals surface area contributed by atoms with Crippen molar-refractivity contribution in [3.05, 3.63) is 58.1 Å². The molecule has 0 spiro atoms. The van der Waals surface area contributed by atoms with E-state index in [1.165, 1.54) is 12.4 Å². The van der Waals surface area contributed by atoms with E-state index in [1.54, 1.807) is 6.07 Å². The van der Waals surface area contributed by atoms with Crippen LogP contribution in [-0.4, -0.2) is 11.6 Å². The molecule has 2 heterocycles. The van der Waals surface area contributed by atoms with Gasteiger partial charge in [-0.25, -0.2) is 4.39 Å². The average molecular weight is 293 g/mol. The minimum Gasteiger partial charge on any atom is -0.493 e. The van der Waals surface area contributed by atoms with Crippen molar-refractivity contribution in [2.24, 2.45) is 5.73 Å². The second-order valence-electron chi connectivity index (χ2n) is 4.86. The SMILES string of the molecule is NC(Cc1cc(Cl)cc2c1OCC2)c1ccncc1F. The molecule has 3 rings (SSSR count). The average Bonchev–Trinajstić information content (AvgIpc) is 2.87. The van der Waals surface area contributed by atoms with E-state index in [-0.39, 0.29) is 5.82 Å². The van der Waals surface area contributed by atoms with Gasteiger partial charge in [0.15, 0.2) is 0 Å². The maximum atomic E-state index is 13.7. The van der Waals surface area contributed by atoms with Crippen molar-refractivity contribution in [1.82, 2.24) is 4.98 Å². The number of pyridine rings is 1. The second kappa shape index (κ2) is 5.38. The molecule has 2 aromatic rings. The van der Waals surface area contributed by atoms with Crippen molar-refractivity contribution in [1.29, 1.82) is 0 Å². The van der Waals surface area contributed by atoms with E-state index in [0.29, 0.717) is 23.6 Å². The lowest BCUT2D eigenvalue weighted by molar-refractivity contribution is 0.352. The van der Waals surface area contributed by atoms with E-state index in [4.69, 9.17) is 22.1 Å². The highest BCUT2D eigenvalue weighted by Crippen LogP contribution is 2.35. The number of halogens is 2. The van der Waals surface area contributed by atoms with Crippen LogP contribution >= 0.6 is 11.6 Å². The summed E-state index contributed by atoms with van der Waals surface area (Å²) in [5.41, 5.74) is 8.57. The van der Waals surface area contributed by atoms with Gasteiger partial charge in [-0.3, -0.25) is 4.98 Å². The van der Waals surface area contributed by atoms with Crippen LogP contribution in [0.3, 0.4) is 0 Å². The Kier molecular flexibility index (Phi) is 3.59. The number of nitrogens with zero attached hydrogens (tertiary/aromatic N) is 1. The Morgan fingerprint density at radius 3 is 3.10 bits per heavy atom. The first kappa shape index (κ1) is 13.3. The molecule has 5 heteroatoms. The maximum Gasteiger partial charge on any atom is 0.146 e. The summed E-state index contributed by atoms with van der Waals surface area (Å²) in [5, 5.41) is 0.659. The molecule has 0 fully saturated rings. The van der Waals surface area contributed by atoms with Gasteiger partial charge in [0.05, 0.1) is 12.8 Å². The van der Waals surface area contributed by atoms with Gasteiger partial charge in [-0.15, -0.1) is 0 Å². The standard InChI is InChI=1S/C15H14ClFN2O/c16-11-5-9-2-4-20-15(9)10(6-11)7-14(18)12-1-3-19-8-13(12)17/h1,3,5-6,8,14H,2,4,7,18H2. The van der Waals surface area contributed by atoms with Gasteiger partial charge in [0.1, 0.15) is 11.6 Å². The first-order valence-electron chi connectivity index (χ1n) is 6.44. The van der Waals surface area contributed by atoms with Crippen LogP contribution < -0.4 is 10.5 Å². The molecule has 0 bridgehead atoms. The topological polar surface area (TPSA) is 48.1 Å². The molecule has 1 aromatic carbocycles. The Morgan fingerprint density at radius 2 is 2.30 bits per heavy atom. The minimum absolute atomic E-state index is 0.389. The molecule has 0 radical (unpaired) electrons. The molecule has 1 unspecified atom stereocenters. The molecule has 1 aromatic heterocycles. The lowest BCUT2D eigenvalue weighted by atomic mass is 9.97. The van der Waals surface area contributed by atoms with Gasteiger partial charge in [0.25, 0.3) is 0 Å². The number of nitrogens with two attached hydrogens (primary N) is 1. The lowest BCUT2D eigenvalue weighted by Crippen LogP contribution is -2.15. The Hall–Kier alpha value is -1.65. The zero-order valence-corrected chi connectivity index (χ0v) is 11.5. The smallest absolute Gasteiger partial charge is 0.146 e. The van der Waals surface area contributed by atoms with E-state index < -0.39 is 6.04 Å². The van der Waals surface area contributed by atoms with E-state index in [2.05, 4.69) is 4.98 Å². The molecule has 20 heavy (non-hydrogen) atoms. The van der Waals surface area contributed by atoms with E-state index >= 15 is 0 Å². The molecular weight excluding hydrogens is 279 g/mol. The molecule has 0 aliphatic carbocycles. The molecule has 0 saturated carbocycles. The van der Waals surface area contributed by atoms with E-state index in [1.807, 2.05) is 12.1 Å². The number of benzene rings is 1. The van der Waals surface area contributed by atoms with Gasteiger partial charge >= 0.3 is 0 Å². The summed E-state index contributed by atoms with van der Waals surface area (Å²) in [6, 6.07) is 4.90. The highest BCUT2D eigenvalue weighted by Gasteiger charge is 2.20. The second-order valence-corrected chi connectivity index (χ2v) is 5.30. The number of rotatable bonds is 3. The third kappa shape index (κ3) is 2.49. The van der Waals surface area contributed by atoms with Gasteiger partial charge in [-0.1, -0.05) is 11.6 Å². The molecule has 1 aliphatic rings. The molecule has 1 aliphatic heterocycles. The first-order chi connectivity index (χ1) is 9.65. The third-order valence-corrected chi connectivity index (χ3v) is 3.69. The summed E-state index contributed by atoms with van der Waals surface area (Å²) in [6.07, 6.45) is 4.04. The monoisotopic (exact) mass is 292 g/mol. The van der Waals surface area contributed by atoms with Gasteiger partial charge in [0.2, 0.25) is 0 Å². The van der Waals surface area contributed by atoms with Crippen molar-refractivity contribution in [3.8, 4) is 5.75 Å². The van der Waals surface area contributed by atoms with Crippen molar-refractivity contribution in [2.75, 3.05) is 6.61 Å². The zero-order chi connectivity index (χ0) is 14.1. The van der Waals surface area contributed by atoms with Crippen LogP contribution in [0.2, 0.25) is 5.02 Å². The van der Waals surface area contributed by atoms with Crippen LogP contribution in [0.5, 0.6) is 5.75 Å². The summed E-state index contributed by atoms with van der Waals surface area (Å²) in [7, 11) is 0. The fourth-order valence-corrected chi connectivity index (χ4v) is 2.79. The summed E-state index contributed by atoms with van der Waals surface area (Å²) in [4.78, 5) is 3.73. The summed E-state index contributed by atoms with van der Waals surface area (Å²) < 4.78 is 19.3. The predicted molar refractivity (Wildman–Crippen MR) is 75.5 cm³/mol. The van der Waals surface area contributed by atoms with Crippen molar-refractivity contribution in [3.63, 3.8) is 0 Å². The number of hydrogen-bond donors (Lipinski definition) is 1. The molecule has 0 saturated heterocycles. The highest BCUT2D eigenvalue weighted by atomic mass is 35.5. The quantitative estimate of drug-likeness (QED) is 0.946. The number of hydrogen-bond acceptors (Lipinski definition) is 3. The summed E-state index contributed by atoms with van der Waals surface area (Å²) >= 11 is 6.11. The summed E-state index contributed by atoms with van der Waals surface area (Å²) in [6.45, 7) is 0.654. The molecule has 0 amide bonds. The van der Waals surface area contributed by atoms with Crippen LogP contribution in [-0.2, 0) is 12.8 Å². The number of ether oxygens (including phenoxy) is 1. The third-order valence-electron chi connectivity index (χ3n) is 3.47. The predicted octanol–water partition coefficient (Wildman–Crippen LogP) is 3.05. The maximum absolute atomic E-state index is 13.7. The van der Waals surface area contributed by atoms with Gasteiger partial charge in [0, 0.05) is 29.2 Å². The Balaban J connectivity index is 1.90. The first-order valence-corrected chi connectivity index (χ1v) is 6.82. The number of aromatic nitrogens is 1. The van der Waals surface area contributed by atoms with Crippen LogP contribution in [0.4, 0.5) is 4.39 Å². The lowest BCUT2D eigenvalue weighted by Gasteiger charge is -2.15. The van der Waals surface area contributed by atoms with Crippen molar-refractivity contribution < 1.29 is 9.13 Å². The van der Waals surface area contributed by atoms with Crippen LogP contribution in [0.1, 0.15) is 22.7 Å². The van der Waals surface area contributed by atoms with Gasteiger partial charge < -0.3 is 10.5 Å². The largest absolute Gasteiger partial charge is 0.493 e. The van der Waals surface area contributed by atoms with Crippen LogP contribution in [0, 0.1) is 5.82 Å². The van der Waals surface area contributed by atoms with Gasteiger partial charge in [-0.2, -0.15) is 0 Å². The summed E-state index contributed by atoms with van der Waals surface area (Å²) in [5.74, 6) is 0.457. The van der Waals surface area contributed by atoms with E-state index in [0.717, 1.165) is 23.3 Å². The Labute approximate surface area is 121 Å². The van der Waals surface area contributed by atoms with E-state index in [9.17, 15) is 4.39 Å². The van der Waals surface area contributed by atoms with Crippen molar-refractivity contribution in [2.45, 2.75) is 18.9 Å². The van der Waals surface area contributed by atoms with Crippen LogP contribution in [0.15, 0.2) is 30.6 Å². The van der Waals surface area contributed by atoms with Gasteiger partial charge in [-0.05, 0) is 35.7 Å². The highest BCUT2D eigenvalue weighted by molar-refractivity contribution is 6.30. The molecule has 104 valence electrons. The molecule has 3 nitrogen and oxygen atoms in total.